The van der Waals surface area contributed by atoms with Crippen LogP contribution in [0.3, 0.4) is 0 Å². The van der Waals surface area contributed by atoms with Crippen molar-refractivity contribution in [1.82, 2.24) is 4.90 Å². The fourth-order valence-electron chi connectivity index (χ4n) is 3.16. The third kappa shape index (κ3) is 5.57. The average Bonchev–Trinajstić information content (AvgIpc) is 2.76. The Bertz CT molecular complexity index is 289. The molecule has 1 aliphatic carbocycles. The van der Waals surface area contributed by atoms with Crippen LogP contribution >= 0.6 is 0 Å². The molecule has 0 spiro atoms. The number of nitrogens with zero attached hydrogens (tertiary/aromatic N) is 1. The summed E-state index contributed by atoms with van der Waals surface area (Å²) in [6, 6.07) is 0. The summed E-state index contributed by atoms with van der Waals surface area (Å²) < 4.78 is 10.3. The van der Waals surface area contributed by atoms with Crippen LogP contribution < -0.4 is 5.73 Å². The minimum atomic E-state index is -0.350. The SMILES string of the molecule is COCCCN(CCOC)C(=O)C1(CN)CCCCCC1. The van der Waals surface area contributed by atoms with Gasteiger partial charge in [-0.15, -0.1) is 0 Å². The van der Waals surface area contributed by atoms with E-state index in [-0.39, 0.29) is 11.3 Å². The quantitative estimate of drug-likeness (QED) is 0.521. The summed E-state index contributed by atoms with van der Waals surface area (Å²) in [5.41, 5.74) is 5.68. The molecule has 0 unspecified atom stereocenters. The fraction of sp³-hybridized carbons (Fsp3) is 0.938. The van der Waals surface area contributed by atoms with Crippen molar-refractivity contribution in [1.29, 1.82) is 0 Å². The summed E-state index contributed by atoms with van der Waals surface area (Å²) >= 11 is 0. The van der Waals surface area contributed by atoms with E-state index in [2.05, 4.69) is 0 Å². The lowest BCUT2D eigenvalue weighted by atomic mass is 9.79. The Morgan fingerprint density at radius 1 is 1.05 bits per heavy atom. The van der Waals surface area contributed by atoms with E-state index in [1.165, 1.54) is 12.8 Å². The predicted octanol–water partition coefficient (Wildman–Crippen LogP) is 1.80. The van der Waals surface area contributed by atoms with Gasteiger partial charge in [0.25, 0.3) is 0 Å². The summed E-state index contributed by atoms with van der Waals surface area (Å²) in [5.74, 6) is 0.222. The summed E-state index contributed by atoms with van der Waals surface area (Å²) in [7, 11) is 3.36. The zero-order chi connectivity index (χ0) is 15.6. The molecule has 1 saturated carbocycles. The molecule has 0 bridgehead atoms. The highest BCUT2D eigenvalue weighted by molar-refractivity contribution is 5.83. The number of methoxy groups -OCH3 is 2. The molecule has 1 aliphatic rings. The number of carbonyl (C=O) groups excluding carboxylic acids is 1. The Kier molecular flexibility index (Phi) is 8.88. The maximum atomic E-state index is 13.1. The van der Waals surface area contributed by atoms with E-state index in [4.69, 9.17) is 15.2 Å². The molecule has 0 atom stereocenters. The lowest BCUT2D eigenvalue weighted by molar-refractivity contribution is -0.143. The molecule has 0 heterocycles. The minimum absolute atomic E-state index is 0.222. The van der Waals surface area contributed by atoms with Gasteiger partial charge in [-0.05, 0) is 19.3 Å². The van der Waals surface area contributed by atoms with Crippen LogP contribution in [0, 0.1) is 5.41 Å². The molecule has 21 heavy (non-hydrogen) atoms. The van der Waals surface area contributed by atoms with E-state index in [0.29, 0.717) is 26.3 Å². The molecule has 1 fully saturated rings. The highest BCUT2D eigenvalue weighted by Gasteiger charge is 2.39. The maximum Gasteiger partial charge on any atom is 0.230 e. The number of rotatable bonds is 9. The first kappa shape index (κ1) is 18.4. The van der Waals surface area contributed by atoms with Gasteiger partial charge in [-0.1, -0.05) is 25.7 Å². The number of nitrogens with two attached hydrogens (primary N) is 1. The Balaban J connectivity index is 2.73. The van der Waals surface area contributed by atoms with E-state index < -0.39 is 0 Å². The van der Waals surface area contributed by atoms with Crippen molar-refractivity contribution in [2.45, 2.75) is 44.9 Å². The van der Waals surface area contributed by atoms with Crippen LogP contribution in [0.4, 0.5) is 0 Å². The first-order valence-corrected chi connectivity index (χ1v) is 8.17. The monoisotopic (exact) mass is 300 g/mol. The third-order valence-electron chi connectivity index (χ3n) is 4.53. The van der Waals surface area contributed by atoms with Crippen LogP contribution in [0.25, 0.3) is 0 Å². The number of ether oxygens (including phenoxy) is 2. The number of amides is 1. The van der Waals surface area contributed by atoms with Crippen molar-refractivity contribution < 1.29 is 14.3 Å². The molecule has 1 rings (SSSR count). The van der Waals surface area contributed by atoms with Crippen molar-refractivity contribution in [2.75, 3.05) is 47.1 Å². The van der Waals surface area contributed by atoms with Gasteiger partial charge in [0.1, 0.15) is 0 Å². The average molecular weight is 300 g/mol. The summed E-state index contributed by atoms with van der Waals surface area (Å²) in [6.07, 6.45) is 7.37. The molecule has 0 aromatic carbocycles. The van der Waals surface area contributed by atoms with Gasteiger partial charge in [0.2, 0.25) is 5.91 Å². The predicted molar refractivity (Wildman–Crippen MR) is 84.1 cm³/mol. The second-order valence-electron chi connectivity index (χ2n) is 6.03. The van der Waals surface area contributed by atoms with Crippen LogP contribution in [0.1, 0.15) is 44.9 Å². The van der Waals surface area contributed by atoms with E-state index >= 15 is 0 Å². The molecule has 0 aromatic rings. The largest absolute Gasteiger partial charge is 0.385 e. The van der Waals surface area contributed by atoms with Gasteiger partial charge < -0.3 is 20.1 Å². The van der Waals surface area contributed by atoms with Crippen molar-refractivity contribution >= 4 is 5.91 Å². The van der Waals surface area contributed by atoms with Gasteiger partial charge in [0.05, 0.1) is 12.0 Å². The third-order valence-corrected chi connectivity index (χ3v) is 4.53. The summed E-state index contributed by atoms with van der Waals surface area (Å²) in [4.78, 5) is 15.0. The van der Waals surface area contributed by atoms with E-state index in [9.17, 15) is 4.79 Å². The van der Waals surface area contributed by atoms with E-state index in [1.807, 2.05) is 4.90 Å². The van der Waals surface area contributed by atoms with Crippen molar-refractivity contribution in [2.24, 2.45) is 11.1 Å². The highest BCUT2D eigenvalue weighted by atomic mass is 16.5. The first-order chi connectivity index (χ1) is 10.2. The van der Waals surface area contributed by atoms with Crippen LogP contribution in [0.2, 0.25) is 0 Å². The Morgan fingerprint density at radius 2 is 1.67 bits per heavy atom. The van der Waals surface area contributed by atoms with Gasteiger partial charge in [-0.2, -0.15) is 0 Å². The fourth-order valence-corrected chi connectivity index (χ4v) is 3.16. The second-order valence-corrected chi connectivity index (χ2v) is 6.03. The molecule has 0 aromatic heterocycles. The van der Waals surface area contributed by atoms with Gasteiger partial charge in [-0.3, -0.25) is 4.79 Å². The lowest BCUT2D eigenvalue weighted by Gasteiger charge is -2.36. The molecule has 5 heteroatoms. The van der Waals surface area contributed by atoms with Crippen LogP contribution in [0.5, 0.6) is 0 Å². The standard InChI is InChI=1S/C16H32N2O3/c1-20-12-7-10-18(11-13-21-2)15(19)16(14-17)8-5-3-4-6-9-16/h3-14,17H2,1-2H3. The van der Waals surface area contributed by atoms with Gasteiger partial charge >= 0.3 is 0 Å². The Morgan fingerprint density at radius 3 is 2.19 bits per heavy atom. The van der Waals surface area contributed by atoms with Crippen molar-refractivity contribution in [3.63, 3.8) is 0 Å². The zero-order valence-electron chi connectivity index (χ0n) is 13.7. The van der Waals surface area contributed by atoms with Gasteiger partial charge in [0.15, 0.2) is 0 Å². The minimum Gasteiger partial charge on any atom is -0.385 e. The summed E-state index contributed by atoms with van der Waals surface area (Å²) in [5, 5.41) is 0. The van der Waals surface area contributed by atoms with Crippen molar-refractivity contribution in [3.8, 4) is 0 Å². The first-order valence-electron chi connectivity index (χ1n) is 8.17. The topological polar surface area (TPSA) is 64.8 Å². The second kappa shape index (κ2) is 10.1. The van der Waals surface area contributed by atoms with Gasteiger partial charge in [0, 0.05) is 40.5 Å². The van der Waals surface area contributed by atoms with Crippen LogP contribution in [-0.4, -0.2) is 57.9 Å². The highest BCUT2D eigenvalue weighted by Crippen LogP contribution is 2.36. The normalized spacial score (nSPS) is 18.2. The van der Waals surface area contributed by atoms with Crippen LogP contribution in [-0.2, 0) is 14.3 Å². The molecule has 1 amide bonds. The number of carbonyl (C=O) groups is 1. The van der Waals surface area contributed by atoms with Crippen molar-refractivity contribution in [3.05, 3.63) is 0 Å². The summed E-state index contributed by atoms with van der Waals surface area (Å²) in [6.45, 7) is 3.06. The molecule has 5 nitrogen and oxygen atoms in total. The maximum absolute atomic E-state index is 13.1. The molecule has 2 N–H and O–H groups in total. The molecular formula is C16H32N2O3. The molecule has 0 aliphatic heterocycles. The van der Waals surface area contributed by atoms with E-state index in [1.54, 1.807) is 14.2 Å². The molecule has 0 saturated heterocycles. The van der Waals surface area contributed by atoms with Gasteiger partial charge in [-0.25, -0.2) is 0 Å². The Labute approximate surface area is 129 Å². The molecular weight excluding hydrogens is 268 g/mol. The zero-order valence-corrected chi connectivity index (χ0v) is 13.7. The molecule has 0 radical (unpaired) electrons. The smallest absolute Gasteiger partial charge is 0.230 e. The number of hydrogen-bond donors (Lipinski definition) is 1. The van der Waals surface area contributed by atoms with Crippen LogP contribution in [0.15, 0.2) is 0 Å². The molecule has 124 valence electrons. The lowest BCUT2D eigenvalue weighted by Crippen LogP contribution is -2.49. The number of hydrogen-bond acceptors (Lipinski definition) is 4. The Hall–Kier alpha value is -0.650. The van der Waals surface area contributed by atoms with E-state index in [0.717, 1.165) is 38.6 Å².